The highest BCUT2D eigenvalue weighted by atomic mass is 16.5. The van der Waals surface area contributed by atoms with Crippen LogP contribution in [0, 0.1) is 0 Å². The van der Waals surface area contributed by atoms with Gasteiger partial charge in [0.1, 0.15) is 5.82 Å². The molecule has 1 saturated heterocycles. The van der Waals surface area contributed by atoms with Gasteiger partial charge >= 0.3 is 0 Å². The first kappa shape index (κ1) is 17.4. The molecule has 1 aliphatic rings. The van der Waals surface area contributed by atoms with Crippen LogP contribution in [-0.4, -0.2) is 66.7 Å². The number of morpholine rings is 1. The van der Waals surface area contributed by atoms with Crippen LogP contribution in [0.15, 0.2) is 12.3 Å². The van der Waals surface area contributed by atoms with Crippen molar-refractivity contribution in [1.82, 2.24) is 4.98 Å². The lowest BCUT2D eigenvalue weighted by Crippen LogP contribution is -2.36. The van der Waals surface area contributed by atoms with E-state index in [1.807, 2.05) is 31.3 Å². The molecule has 1 fully saturated rings. The van der Waals surface area contributed by atoms with Gasteiger partial charge in [-0.3, -0.25) is 0 Å². The normalized spacial score (nSPS) is 14.5. The lowest BCUT2D eigenvalue weighted by atomic mass is 10.1. The van der Waals surface area contributed by atoms with Crippen LogP contribution < -0.4 is 24.0 Å². The Labute approximate surface area is 148 Å². The monoisotopic (exact) mass is 347 g/mol. The maximum absolute atomic E-state index is 5.71. The van der Waals surface area contributed by atoms with Gasteiger partial charge in [0.2, 0.25) is 5.75 Å². The minimum atomic E-state index is 0.571. The van der Waals surface area contributed by atoms with Crippen LogP contribution in [0.4, 0.5) is 11.5 Å². The molecule has 1 aromatic carbocycles. The van der Waals surface area contributed by atoms with E-state index in [0.717, 1.165) is 35.4 Å². The Bertz CT molecular complexity index is 758. The third kappa shape index (κ3) is 3.00. The number of pyridine rings is 1. The highest BCUT2D eigenvalue weighted by Crippen LogP contribution is 2.48. The zero-order chi connectivity index (χ0) is 18.0. The molecule has 3 rings (SSSR count). The van der Waals surface area contributed by atoms with Crippen LogP contribution in [0.25, 0.3) is 10.8 Å². The molecule has 0 atom stereocenters. The number of hydrogen-bond donors (Lipinski definition) is 0. The largest absolute Gasteiger partial charge is 0.493 e. The highest BCUT2D eigenvalue weighted by Gasteiger charge is 2.24. The Hall–Kier alpha value is -2.41. The molecular formula is C18H25N3O4. The number of hydrogen-bond acceptors (Lipinski definition) is 7. The van der Waals surface area contributed by atoms with Crippen molar-refractivity contribution in [3.8, 4) is 17.2 Å². The Kier molecular flexibility index (Phi) is 5.03. The second-order valence-electron chi connectivity index (χ2n) is 6.03. The van der Waals surface area contributed by atoms with E-state index in [-0.39, 0.29) is 0 Å². The number of benzene rings is 1. The molecule has 7 nitrogen and oxygen atoms in total. The summed E-state index contributed by atoms with van der Waals surface area (Å²) in [5, 5.41) is 1.93. The highest BCUT2D eigenvalue weighted by molar-refractivity contribution is 6.06. The smallest absolute Gasteiger partial charge is 0.204 e. The molecule has 0 saturated carbocycles. The number of rotatable bonds is 5. The van der Waals surface area contributed by atoms with Crippen LogP contribution in [-0.2, 0) is 4.74 Å². The average Bonchev–Trinajstić information content (AvgIpc) is 2.65. The minimum absolute atomic E-state index is 0.571. The van der Waals surface area contributed by atoms with Gasteiger partial charge in [0.05, 0.1) is 51.8 Å². The zero-order valence-corrected chi connectivity index (χ0v) is 15.5. The minimum Gasteiger partial charge on any atom is -0.493 e. The quantitative estimate of drug-likeness (QED) is 0.821. The number of methoxy groups -OCH3 is 3. The summed E-state index contributed by atoms with van der Waals surface area (Å²) in [5.74, 6) is 2.66. The van der Waals surface area contributed by atoms with Crippen molar-refractivity contribution in [3.05, 3.63) is 12.3 Å². The van der Waals surface area contributed by atoms with Gasteiger partial charge in [-0.05, 0) is 6.07 Å². The van der Waals surface area contributed by atoms with E-state index in [4.69, 9.17) is 18.9 Å². The van der Waals surface area contributed by atoms with Crippen molar-refractivity contribution in [1.29, 1.82) is 0 Å². The Morgan fingerprint density at radius 1 is 1.04 bits per heavy atom. The molecule has 2 aromatic rings. The van der Waals surface area contributed by atoms with E-state index in [1.54, 1.807) is 21.3 Å². The Morgan fingerprint density at radius 2 is 1.72 bits per heavy atom. The first-order valence-electron chi connectivity index (χ1n) is 8.24. The Balaban J connectivity index is 2.34. The van der Waals surface area contributed by atoms with Crippen molar-refractivity contribution in [2.24, 2.45) is 0 Å². The molecule has 0 N–H and O–H groups in total. The predicted octanol–water partition coefficient (Wildman–Crippen LogP) is 2.16. The van der Waals surface area contributed by atoms with Gasteiger partial charge in [0, 0.05) is 32.6 Å². The standard InChI is InChI=1S/C18H25N3O4/c1-20(2)18-15-12(10-14(22-3)16(23-4)17(15)24-5)13(11-19-18)21-6-8-25-9-7-21/h10-11H,6-9H2,1-5H3. The van der Waals surface area contributed by atoms with Crippen LogP contribution in [0.3, 0.4) is 0 Å². The maximum atomic E-state index is 5.71. The van der Waals surface area contributed by atoms with Gasteiger partial charge in [-0.2, -0.15) is 0 Å². The summed E-state index contributed by atoms with van der Waals surface area (Å²) in [6.07, 6.45) is 1.91. The first-order chi connectivity index (χ1) is 12.1. The molecule has 7 heteroatoms. The number of anilines is 2. The summed E-state index contributed by atoms with van der Waals surface area (Å²) in [6.45, 7) is 3.08. The second kappa shape index (κ2) is 7.23. The SMILES string of the molecule is COc1cc2c(N3CCOCC3)cnc(N(C)C)c2c(OC)c1OC. The molecule has 25 heavy (non-hydrogen) atoms. The fraction of sp³-hybridized carbons (Fsp3) is 0.500. The summed E-state index contributed by atoms with van der Waals surface area (Å²) >= 11 is 0. The Morgan fingerprint density at radius 3 is 2.28 bits per heavy atom. The van der Waals surface area contributed by atoms with Gasteiger partial charge < -0.3 is 28.7 Å². The maximum Gasteiger partial charge on any atom is 0.204 e. The van der Waals surface area contributed by atoms with Crippen molar-refractivity contribution in [3.63, 3.8) is 0 Å². The van der Waals surface area contributed by atoms with E-state index >= 15 is 0 Å². The summed E-state index contributed by atoms with van der Waals surface area (Å²) in [7, 11) is 8.81. The van der Waals surface area contributed by atoms with Gasteiger partial charge in [0.15, 0.2) is 11.5 Å². The molecule has 0 radical (unpaired) electrons. The van der Waals surface area contributed by atoms with Gasteiger partial charge in [0.25, 0.3) is 0 Å². The number of fused-ring (bicyclic) bond motifs is 1. The van der Waals surface area contributed by atoms with Crippen molar-refractivity contribution in [2.75, 3.05) is 71.5 Å². The van der Waals surface area contributed by atoms with Crippen LogP contribution in [0.2, 0.25) is 0 Å². The molecule has 136 valence electrons. The molecule has 0 spiro atoms. The number of ether oxygens (including phenoxy) is 4. The molecular weight excluding hydrogens is 322 g/mol. The van der Waals surface area contributed by atoms with E-state index in [9.17, 15) is 0 Å². The number of aromatic nitrogens is 1. The average molecular weight is 347 g/mol. The van der Waals surface area contributed by atoms with E-state index < -0.39 is 0 Å². The fourth-order valence-electron chi connectivity index (χ4n) is 3.23. The van der Waals surface area contributed by atoms with Crippen LogP contribution in [0.5, 0.6) is 17.2 Å². The molecule has 1 aromatic heterocycles. The lowest BCUT2D eigenvalue weighted by Gasteiger charge is -2.31. The number of nitrogens with zero attached hydrogens (tertiary/aromatic N) is 3. The van der Waals surface area contributed by atoms with E-state index in [1.165, 1.54) is 0 Å². The molecule has 0 bridgehead atoms. The summed E-state index contributed by atoms with van der Waals surface area (Å²) < 4.78 is 22.3. The summed E-state index contributed by atoms with van der Waals surface area (Å²) in [4.78, 5) is 8.94. The molecule has 0 unspecified atom stereocenters. The van der Waals surface area contributed by atoms with Gasteiger partial charge in [-0.15, -0.1) is 0 Å². The fourth-order valence-corrected chi connectivity index (χ4v) is 3.23. The van der Waals surface area contributed by atoms with Gasteiger partial charge in [-0.25, -0.2) is 4.98 Å². The summed E-state index contributed by atoms with van der Waals surface area (Å²) in [5.41, 5.74) is 1.04. The van der Waals surface area contributed by atoms with Crippen molar-refractivity contribution in [2.45, 2.75) is 0 Å². The second-order valence-corrected chi connectivity index (χ2v) is 6.03. The van der Waals surface area contributed by atoms with Crippen molar-refractivity contribution < 1.29 is 18.9 Å². The third-order valence-electron chi connectivity index (χ3n) is 4.41. The van der Waals surface area contributed by atoms with E-state index in [2.05, 4.69) is 9.88 Å². The molecule has 2 heterocycles. The third-order valence-corrected chi connectivity index (χ3v) is 4.41. The van der Waals surface area contributed by atoms with Crippen LogP contribution >= 0.6 is 0 Å². The van der Waals surface area contributed by atoms with Crippen LogP contribution in [0.1, 0.15) is 0 Å². The topological polar surface area (TPSA) is 56.3 Å². The molecule has 0 amide bonds. The molecule has 0 aliphatic carbocycles. The van der Waals surface area contributed by atoms with Crippen molar-refractivity contribution >= 4 is 22.3 Å². The zero-order valence-electron chi connectivity index (χ0n) is 15.5. The molecule has 1 aliphatic heterocycles. The predicted molar refractivity (Wildman–Crippen MR) is 98.8 cm³/mol. The van der Waals surface area contributed by atoms with E-state index in [0.29, 0.717) is 30.5 Å². The first-order valence-corrected chi connectivity index (χ1v) is 8.24. The summed E-state index contributed by atoms with van der Waals surface area (Å²) in [6, 6.07) is 2.00. The van der Waals surface area contributed by atoms with Gasteiger partial charge in [-0.1, -0.05) is 0 Å². The lowest BCUT2D eigenvalue weighted by molar-refractivity contribution is 0.123.